The number of para-hydroxylation sites is 2. The SMILES string of the molecule is Cc1cc(-n2c3ccccc3c3ccccc32)c(C)cc1-c1ccc2c3c(cccc13)-c1nccnc1-2. The summed E-state index contributed by atoms with van der Waals surface area (Å²) in [6, 6.07) is 33.1. The first kappa shape index (κ1) is 20.4. The summed E-state index contributed by atoms with van der Waals surface area (Å²) in [5, 5.41) is 5.08. The fraction of sp³-hybridized carbons (Fsp3) is 0.0588. The van der Waals surface area contributed by atoms with Crippen LogP contribution in [0.5, 0.6) is 0 Å². The van der Waals surface area contributed by atoms with Crippen molar-refractivity contribution in [2.24, 2.45) is 0 Å². The molecule has 3 heteroatoms. The van der Waals surface area contributed by atoms with Gasteiger partial charge in [-0.05, 0) is 65.8 Å². The van der Waals surface area contributed by atoms with Crippen molar-refractivity contribution in [1.29, 1.82) is 0 Å². The third-order valence-electron chi connectivity index (χ3n) is 7.90. The average Bonchev–Trinajstić information content (AvgIpc) is 3.45. The molecule has 0 saturated carbocycles. The van der Waals surface area contributed by atoms with E-state index in [0.29, 0.717) is 0 Å². The van der Waals surface area contributed by atoms with Gasteiger partial charge in [-0.2, -0.15) is 0 Å². The Hall–Kier alpha value is -4.76. The van der Waals surface area contributed by atoms with Crippen molar-refractivity contribution in [2.45, 2.75) is 13.8 Å². The first-order valence-electron chi connectivity index (χ1n) is 12.7. The number of hydrogen-bond donors (Lipinski definition) is 0. The van der Waals surface area contributed by atoms with E-state index in [2.05, 4.69) is 119 Å². The second-order valence-corrected chi connectivity index (χ2v) is 9.97. The van der Waals surface area contributed by atoms with Crippen LogP contribution >= 0.6 is 0 Å². The zero-order chi connectivity index (χ0) is 24.7. The van der Waals surface area contributed by atoms with Crippen molar-refractivity contribution in [3.63, 3.8) is 0 Å². The molecule has 0 amide bonds. The molecule has 0 bridgehead atoms. The number of hydrogen-bond acceptors (Lipinski definition) is 2. The summed E-state index contributed by atoms with van der Waals surface area (Å²) in [7, 11) is 0. The van der Waals surface area contributed by atoms with Gasteiger partial charge in [0.2, 0.25) is 0 Å². The van der Waals surface area contributed by atoms with E-state index < -0.39 is 0 Å². The van der Waals surface area contributed by atoms with Crippen LogP contribution in [0.15, 0.2) is 103 Å². The van der Waals surface area contributed by atoms with Crippen LogP contribution in [-0.2, 0) is 0 Å². The fourth-order valence-corrected chi connectivity index (χ4v) is 6.28. The van der Waals surface area contributed by atoms with Crippen LogP contribution < -0.4 is 0 Å². The maximum Gasteiger partial charge on any atom is 0.0971 e. The van der Waals surface area contributed by atoms with Gasteiger partial charge in [-0.15, -0.1) is 0 Å². The largest absolute Gasteiger partial charge is 0.309 e. The third-order valence-corrected chi connectivity index (χ3v) is 7.90. The number of fused-ring (bicyclic) bond motifs is 6. The van der Waals surface area contributed by atoms with E-state index in [1.165, 1.54) is 71.6 Å². The lowest BCUT2D eigenvalue weighted by Crippen LogP contribution is -1.99. The minimum Gasteiger partial charge on any atom is -0.309 e. The highest BCUT2D eigenvalue weighted by atomic mass is 15.0. The fourth-order valence-electron chi connectivity index (χ4n) is 6.28. The van der Waals surface area contributed by atoms with Crippen LogP contribution in [0.3, 0.4) is 0 Å². The molecule has 0 radical (unpaired) electrons. The quantitative estimate of drug-likeness (QED) is 0.251. The van der Waals surface area contributed by atoms with Crippen LogP contribution in [0, 0.1) is 13.8 Å². The number of rotatable bonds is 2. The molecule has 0 fully saturated rings. The molecule has 2 heterocycles. The molecule has 0 spiro atoms. The molecule has 0 aliphatic heterocycles. The summed E-state index contributed by atoms with van der Waals surface area (Å²) in [6.45, 7) is 4.46. The van der Waals surface area contributed by atoms with E-state index in [1.54, 1.807) is 12.4 Å². The molecular weight excluding hydrogens is 450 g/mol. The Labute approximate surface area is 214 Å². The normalized spacial score (nSPS) is 12.1. The van der Waals surface area contributed by atoms with E-state index in [0.717, 1.165) is 11.4 Å². The van der Waals surface area contributed by atoms with Gasteiger partial charge >= 0.3 is 0 Å². The molecule has 0 unspecified atom stereocenters. The van der Waals surface area contributed by atoms with E-state index in [-0.39, 0.29) is 0 Å². The Morgan fingerprint density at radius 3 is 1.81 bits per heavy atom. The summed E-state index contributed by atoms with van der Waals surface area (Å²) >= 11 is 0. The average molecular weight is 474 g/mol. The Bertz CT molecular complexity index is 1980. The Kier molecular flexibility index (Phi) is 4.07. The van der Waals surface area contributed by atoms with Gasteiger partial charge in [0.05, 0.1) is 22.4 Å². The first-order chi connectivity index (χ1) is 18.2. The molecule has 1 aliphatic carbocycles. The lowest BCUT2D eigenvalue weighted by atomic mass is 9.91. The van der Waals surface area contributed by atoms with Gasteiger partial charge in [0.1, 0.15) is 0 Å². The topological polar surface area (TPSA) is 30.7 Å². The summed E-state index contributed by atoms with van der Waals surface area (Å²) in [6.07, 6.45) is 3.57. The van der Waals surface area contributed by atoms with Crippen molar-refractivity contribution in [3.05, 3.63) is 115 Å². The maximum absolute atomic E-state index is 4.66. The van der Waals surface area contributed by atoms with Crippen LogP contribution in [-0.4, -0.2) is 14.5 Å². The van der Waals surface area contributed by atoms with Crippen LogP contribution in [0.2, 0.25) is 0 Å². The molecule has 0 atom stereocenters. The van der Waals surface area contributed by atoms with Crippen molar-refractivity contribution in [1.82, 2.24) is 14.5 Å². The highest BCUT2D eigenvalue weighted by Crippen LogP contribution is 2.48. The molecule has 3 nitrogen and oxygen atoms in total. The zero-order valence-electron chi connectivity index (χ0n) is 20.7. The molecule has 5 aromatic carbocycles. The first-order valence-corrected chi connectivity index (χ1v) is 12.7. The summed E-state index contributed by atoms with van der Waals surface area (Å²) in [4.78, 5) is 9.32. The zero-order valence-corrected chi connectivity index (χ0v) is 20.7. The summed E-state index contributed by atoms with van der Waals surface area (Å²) in [5.74, 6) is 0. The van der Waals surface area contributed by atoms with Gasteiger partial charge in [0.15, 0.2) is 0 Å². The lowest BCUT2D eigenvalue weighted by molar-refractivity contribution is 1.14. The predicted octanol–water partition coefficient (Wildman–Crippen LogP) is 8.66. The highest BCUT2D eigenvalue weighted by Gasteiger charge is 2.25. The summed E-state index contributed by atoms with van der Waals surface area (Å²) < 4.78 is 2.41. The number of aryl methyl sites for hydroxylation is 2. The molecule has 0 N–H and O–H groups in total. The second kappa shape index (κ2) is 7.37. The van der Waals surface area contributed by atoms with Crippen LogP contribution in [0.1, 0.15) is 11.1 Å². The molecule has 8 rings (SSSR count). The number of nitrogens with zero attached hydrogens (tertiary/aromatic N) is 3. The van der Waals surface area contributed by atoms with E-state index in [9.17, 15) is 0 Å². The van der Waals surface area contributed by atoms with Crippen molar-refractivity contribution >= 4 is 32.6 Å². The van der Waals surface area contributed by atoms with Gasteiger partial charge in [-0.1, -0.05) is 66.7 Å². The Balaban J connectivity index is 1.37. The van der Waals surface area contributed by atoms with Crippen molar-refractivity contribution in [3.8, 4) is 39.3 Å². The predicted molar refractivity (Wildman–Crippen MR) is 153 cm³/mol. The van der Waals surface area contributed by atoms with Crippen molar-refractivity contribution < 1.29 is 0 Å². The number of benzene rings is 5. The minimum absolute atomic E-state index is 0.981. The second-order valence-electron chi connectivity index (χ2n) is 9.97. The minimum atomic E-state index is 0.981. The Morgan fingerprint density at radius 1 is 0.514 bits per heavy atom. The molecule has 2 aromatic heterocycles. The lowest BCUT2D eigenvalue weighted by Gasteiger charge is -2.17. The van der Waals surface area contributed by atoms with E-state index in [4.69, 9.17) is 0 Å². The Morgan fingerprint density at radius 2 is 1.11 bits per heavy atom. The van der Waals surface area contributed by atoms with Crippen LogP contribution in [0.4, 0.5) is 0 Å². The van der Waals surface area contributed by atoms with Gasteiger partial charge < -0.3 is 4.57 Å². The van der Waals surface area contributed by atoms with E-state index >= 15 is 0 Å². The molecule has 174 valence electrons. The molecular formula is C34H23N3. The molecule has 1 aliphatic rings. The van der Waals surface area contributed by atoms with Gasteiger partial charge in [-0.3, -0.25) is 9.97 Å². The van der Waals surface area contributed by atoms with E-state index in [1.807, 2.05) is 0 Å². The third kappa shape index (κ3) is 2.71. The molecule has 0 saturated heterocycles. The number of aromatic nitrogens is 3. The van der Waals surface area contributed by atoms with Crippen molar-refractivity contribution in [2.75, 3.05) is 0 Å². The molecule has 37 heavy (non-hydrogen) atoms. The summed E-state index contributed by atoms with van der Waals surface area (Å²) in [5.41, 5.74) is 13.0. The standard InChI is InChI=1S/C34H23N3/c1-20-19-31(37-29-12-5-3-8-23(29)24-9-4-6-13-30(24)37)21(2)18-28(20)22-14-15-27-32-25(22)10-7-11-26(32)33-34(27)36-17-16-35-33/h3-19H,1-2H3. The monoisotopic (exact) mass is 473 g/mol. The molecule has 7 aromatic rings. The van der Waals surface area contributed by atoms with Crippen LogP contribution in [0.25, 0.3) is 71.9 Å². The van der Waals surface area contributed by atoms with Gasteiger partial charge in [0.25, 0.3) is 0 Å². The van der Waals surface area contributed by atoms with Gasteiger partial charge in [-0.25, -0.2) is 0 Å². The highest BCUT2D eigenvalue weighted by molar-refractivity contribution is 6.17. The smallest absolute Gasteiger partial charge is 0.0971 e. The maximum atomic E-state index is 4.66. The van der Waals surface area contributed by atoms with Gasteiger partial charge in [0, 0.05) is 45.4 Å².